The number of amides is 1. The first-order valence-corrected chi connectivity index (χ1v) is 4.13. The van der Waals surface area contributed by atoms with Crippen molar-refractivity contribution in [2.75, 3.05) is 5.32 Å². The van der Waals surface area contributed by atoms with Gasteiger partial charge in [-0.15, -0.1) is 0 Å². The van der Waals surface area contributed by atoms with E-state index in [2.05, 4.69) is 21.2 Å². The van der Waals surface area contributed by atoms with Crippen molar-refractivity contribution in [2.24, 2.45) is 0 Å². The molecule has 13 heavy (non-hydrogen) atoms. The molecule has 0 saturated carbocycles. The maximum absolute atomic E-state index is 11.1. The number of carbonyl (C=O) groups excluding carboxylic acids is 2. The Hall–Kier alpha value is -1.20. The minimum absolute atomic E-state index is 0. The van der Waals surface area contributed by atoms with Crippen LogP contribution in [0.15, 0.2) is 22.7 Å². The summed E-state index contributed by atoms with van der Waals surface area (Å²) in [6, 6.07) is 5.11. The van der Waals surface area contributed by atoms with Crippen molar-refractivity contribution in [1.82, 2.24) is 0 Å². The molecule has 1 aromatic carbocycles. The van der Waals surface area contributed by atoms with Crippen LogP contribution in [0, 0.1) is 0 Å². The van der Waals surface area contributed by atoms with E-state index in [0.29, 0.717) is 11.3 Å². The highest BCUT2D eigenvalue weighted by Crippen LogP contribution is 2.25. The minimum atomic E-state index is -0.553. The number of Topliss-reactive ketones (excluding diaryl/α,β-unsaturated/α-hetero) is 1. The lowest BCUT2D eigenvalue weighted by molar-refractivity contribution is -0.112. The maximum Gasteiger partial charge on any atom is 0.296 e. The Bertz CT molecular complexity index is 389. The fraction of sp³-hybridized carbons (Fsp3) is 0. The zero-order valence-corrected chi connectivity index (χ0v) is 8.01. The molecular weight excluding hydrogens is 238 g/mol. The number of hydrogen-bond donors (Lipinski definition) is 1. The predicted molar refractivity (Wildman–Crippen MR) is 50.7 cm³/mol. The van der Waals surface area contributed by atoms with Gasteiger partial charge in [-0.2, -0.15) is 0 Å². The van der Waals surface area contributed by atoms with Crippen LogP contribution in [-0.4, -0.2) is 17.2 Å². The van der Waals surface area contributed by atoms with Crippen molar-refractivity contribution in [3.05, 3.63) is 28.2 Å². The summed E-state index contributed by atoms with van der Waals surface area (Å²) in [7, 11) is 0. The van der Waals surface area contributed by atoms with Gasteiger partial charge in [-0.25, -0.2) is 0 Å². The van der Waals surface area contributed by atoms with Crippen molar-refractivity contribution in [3.8, 4) is 0 Å². The number of fused-ring (bicyclic) bond motifs is 1. The molecule has 3 N–H and O–H groups in total. The number of nitrogens with one attached hydrogen (secondary N) is 1. The van der Waals surface area contributed by atoms with Gasteiger partial charge in [0.1, 0.15) is 0 Å². The molecule has 0 saturated heterocycles. The summed E-state index contributed by atoms with van der Waals surface area (Å²) in [6.07, 6.45) is 0. The van der Waals surface area contributed by atoms with E-state index in [1.165, 1.54) is 0 Å². The third kappa shape index (κ3) is 1.48. The average molecular weight is 244 g/mol. The highest BCUT2D eigenvalue weighted by molar-refractivity contribution is 9.10. The van der Waals surface area contributed by atoms with E-state index in [0.717, 1.165) is 4.47 Å². The third-order valence-electron chi connectivity index (χ3n) is 1.68. The number of hydrogen-bond acceptors (Lipinski definition) is 2. The fourth-order valence-electron chi connectivity index (χ4n) is 1.11. The summed E-state index contributed by atoms with van der Waals surface area (Å²) in [5.41, 5.74) is 1.03. The first kappa shape index (κ1) is 9.88. The Labute approximate surface area is 82.4 Å². The molecule has 4 nitrogen and oxygen atoms in total. The van der Waals surface area contributed by atoms with Crippen molar-refractivity contribution in [2.45, 2.75) is 0 Å². The van der Waals surface area contributed by atoms with Crippen LogP contribution in [0.5, 0.6) is 0 Å². The van der Waals surface area contributed by atoms with Crippen LogP contribution in [0.25, 0.3) is 0 Å². The van der Waals surface area contributed by atoms with Crippen molar-refractivity contribution >= 4 is 33.3 Å². The number of benzene rings is 1. The van der Waals surface area contributed by atoms with Crippen LogP contribution >= 0.6 is 15.9 Å². The van der Waals surface area contributed by atoms with Crippen molar-refractivity contribution in [1.29, 1.82) is 0 Å². The second-order valence-electron chi connectivity index (χ2n) is 2.47. The topological polar surface area (TPSA) is 77.7 Å². The zero-order valence-electron chi connectivity index (χ0n) is 6.43. The molecule has 1 aromatic rings. The van der Waals surface area contributed by atoms with Gasteiger partial charge in [-0.1, -0.05) is 15.9 Å². The number of carbonyl (C=O) groups is 2. The first-order valence-electron chi connectivity index (χ1n) is 3.34. The van der Waals surface area contributed by atoms with Gasteiger partial charge in [0.15, 0.2) is 0 Å². The van der Waals surface area contributed by atoms with Gasteiger partial charge in [0.05, 0.1) is 11.3 Å². The second kappa shape index (κ2) is 3.27. The molecule has 0 bridgehead atoms. The van der Waals surface area contributed by atoms with Gasteiger partial charge in [-0.05, 0) is 18.2 Å². The number of anilines is 1. The first-order chi connectivity index (χ1) is 5.68. The van der Waals surface area contributed by atoms with E-state index in [4.69, 9.17) is 0 Å². The number of rotatable bonds is 0. The quantitative estimate of drug-likeness (QED) is 0.684. The third-order valence-corrected chi connectivity index (χ3v) is 2.17. The van der Waals surface area contributed by atoms with E-state index in [-0.39, 0.29) is 5.48 Å². The molecule has 2 rings (SSSR count). The lowest BCUT2D eigenvalue weighted by atomic mass is 10.1. The fourth-order valence-corrected chi connectivity index (χ4v) is 1.48. The van der Waals surface area contributed by atoms with Crippen molar-refractivity contribution in [3.63, 3.8) is 0 Å². The van der Waals surface area contributed by atoms with Gasteiger partial charge >= 0.3 is 0 Å². The van der Waals surface area contributed by atoms with E-state index < -0.39 is 11.7 Å². The Balaban J connectivity index is 0.000000845. The molecule has 0 aliphatic carbocycles. The lowest BCUT2D eigenvalue weighted by Gasteiger charge is -1.95. The summed E-state index contributed by atoms with van der Waals surface area (Å²) >= 11 is 3.22. The summed E-state index contributed by atoms with van der Waals surface area (Å²) in [5, 5.41) is 2.47. The normalized spacial score (nSPS) is 13.3. The summed E-state index contributed by atoms with van der Waals surface area (Å²) in [4.78, 5) is 22.0. The zero-order chi connectivity index (χ0) is 8.72. The van der Waals surface area contributed by atoms with Crippen molar-refractivity contribution < 1.29 is 15.1 Å². The number of halogens is 1. The van der Waals surface area contributed by atoms with Gasteiger partial charge in [0.2, 0.25) is 0 Å². The lowest BCUT2D eigenvalue weighted by Crippen LogP contribution is -2.12. The molecule has 1 amide bonds. The highest BCUT2D eigenvalue weighted by atomic mass is 79.9. The molecule has 0 aromatic heterocycles. The number of ketones is 1. The van der Waals surface area contributed by atoms with Gasteiger partial charge in [0, 0.05) is 4.47 Å². The van der Waals surface area contributed by atoms with Crippen LogP contribution in [0.4, 0.5) is 5.69 Å². The van der Waals surface area contributed by atoms with E-state index >= 15 is 0 Å². The molecule has 0 unspecified atom stereocenters. The van der Waals surface area contributed by atoms with Gasteiger partial charge in [0.25, 0.3) is 11.7 Å². The van der Waals surface area contributed by atoms with Gasteiger partial charge < -0.3 is 10.8 Å². The molecule has 1 aliphatic rings. The van der Waals surface area contributed by atoms with Crippen LogP contribution in [-0.2, 0) is 4.79 Å². The molecule has 0 fully saturated rings. The largest absolute Gasteiger partial charge is 0.412 e. The Morgan fingerprint density at radius 3 is 2.62 bits per heavy atom. The maximum atomic E-state index is 11.1. The molecule has 5 heteroatoms. The minimum Gasteiger partial charge on any atom is -0.412 e. The molecular formula is C8H6BrNO3. The van der Waals surface area contributed by atoms with Crippen LogP contribution < -0.4 is 5.32 Å². The standard InChI is InChI=1S/C8H4BrNO2.H2O/c9-4-1-2-6-5(3-4)7(11)8(12)10-6;/h1-3H,(H,10,11,12);1H2. The van der Waals surface area contributed by atoms with Gasteiger partial charge in [-0.3, -0.25) is 9.59 Å². The smallest absolute Gasteiger partial charge is 0.296 e. The average Bonchev–Trinajstić information content (AvgIpc) is 2.31. The molecule has 0 atom stereocenters. The molecule has 1 heterocycles. The Kier molecular flexibility index (Phi) is 2.49. The Morgan fingerprint density at radius 1 is 1.23 bits per heavy atom. The summed E-state index contributed by atoms with van der Waals surface area (Å²) in [5.74, 6) is -1.02. The van der Waals surface area contributed by atoms with E-state index in [1.807, 2.05) is 0 Å². The molecule has 0 spiro atoms. The molecule has 68 valence electrons. The molecule has 1 aliphatic heterocycles. The monoisotopic (exact) mass is 243 g/mol. The van der Waals surface area contributed by atoms with E-state index in [1.54, 1.807) is 18.2 Å². The van der Waals surface area contributed by atoms with Crippen LogP contribution in [0.3, 0.4) is 0 Å². The SMILES string of the molecule is O.O=C1Nc2ccc(Br)cc2C1=O. The summed E-state index contributed by atoms with van der Waals surface area (Å²) < 4.78 is 0.797. The molecule has 0 radical (unpaired) electrons. The summed E-state index contributed by atoms with van der Waals surface area (Å²) in [6.45, 7) is 0. The second-order valence-corrected chi connectivity index (χ2v) is 3.39. The van der Waals surface area contributed by atoms with E-state index in [9.17, 15) is 9.59 Å². The Morgan fingerprint density at radius 2 is 1.92 bits per heavy atom. The predicted octanol–water partition coefficient (Wildman–Crippen LogP) is 0.759. The van der Waals surface area contributed by atoms with Crippen LogP contribution in [0.2, 0.25) is 0 Å². The highest BCUT2D eigenvalue weighted by Gasteiger charge is 2.27. The van der Waals surface area contributed by atoms with Crippen LogP contribution in [0.1, 0.15) is 10.4 Å².